The van der Waals surface area contributed by atoms with E-state index < -0.39 is 54.7 Å². The number of unbranched alkanes of at least 4 members (excludes halogenated alkanes) is 1. The van der Waals surface area contributed by atoms with E-state index in [1.807, 2.05) is 48.5 Å². The first-order valence-corrected chi connectivity index (χ1v) is 13.8. The molecule has 0 saturated heterocycles. The lowest BCUT2D eigenvalue weighted by Gasteiger charge is -2.20. The predicted octanol–water partition coefficient (Wildman–Crippen LogP) is 2.91. The first kappa shape index (κ1) is 31.9. The number of amides is 4. The molecule has 42 heavy (non-hydrogen) atoms. The molecule has 2 aromatic carbocycles. The van der Waals surface area contributed by atoms with Crippen molar-refractivity contribution in [2.75, 3.05) is 26.2 Å². The van der Waals surface area contributed by atoms with Crippen molar-refractivity contribution in [2.45, 2.75) is 57.6 Å². The summed E-state index contributed by atoms with van der Waals surface area (Å²) in [6.45, 7) is 4.58. The van der Waals surface area contributed by atoms with Gasteiger partial charge in [-0.15, -0.1) is 0 Å². The number of ether oxygens (including phenoxy) is 2. The van der Waals surface area contributed by atoms with Crippen molar-refractivity contribution in [1.82, 2.24) is 21.3 Å². The Balaban J connectivity index is 1.56. The van der Waals surface area contributed by atoms with E-state index in [1.54, 1.807) is 20.8 Å². The predicted molar refractivity (Wildman–Crippen MR) is 154 cm³/mol. The van der Waals surface area contributed by atoms with Gasteiger partial charge in [0.05, 0.1) is 6.54 Å². The maximum atomic E-state index is 12.9. The maximum Gasteiger partial charge on any atom is 0.407 e. The molecule has 4 amide bonds. The van der Waals surface area contributed by atoms with Crippen molar-refractivity contribution in [1.29, 1.82) is 0 Å². The Hall–Kier alpha value is -4.61. The van der Waals surface area contributed by atoms with Gasteiger partial charge >= 0.3 is 18.2 Å². The Kier molecular flexibility index (Phi) is 11.3. The number of carboxylic acids is 1. The highest BCUT2D eigenvalue weighted by Crippen LogP contribution is 2.44. The summed E-state index contributed by atoms with van der Waals surface area (Å²) in [5.41, 5.74) is 3.63. The summed E-state index contributed by atoms with van der Waals surface area (Å²) >= 11 is 0. The minimum atomic E-state index is -1.22. The van der Waals surface area contributed by atoms with E-state index in [9.17, 15) is 24.0 Å². The number of alkyl carbamates (subject to hydrolysis) is 2. The van der Waals surface area contributed by atoms with Crippen LogP contribution in [0.1, 0.15) is 57.1 Å². The largest absolute Gasteiger partial charge is 0.480 e. The number of hydrogen-bond donors (Lipinski definition) is 5. The molecule has 3 rings (SSSR count). The van der Waals surface area contributed by atoms with Crippen LogP contribution in [0.5, 0.6) is 0 Å². The Morgan fingerprint density at radius 3 is 2.05 bits per heavy atom. The van der Waals surface area contributed by atoms with E-state index in [1.165, 1.54) is 0 Å². The molecule has 12 nitrogen and oxygen atoms in total. The number of carbonyl (C=O) groups is 5. The lowest BCUT2D eigenvalue weighted by atomic mass is 9.98. The SMILES string of the molecule is CC(C)(C)OC(=O)NCCCC[C@H](NC(=O)OCC1c2ccccc2-c2ccccc21)C(=O)NCC(=O)NCC(=O)O. The van der Waals surface area contributed by atoms with Gasteiger partial charge in [-0.25, -0.2) is 9.59 Å². The lowest BCUT2D eigenvalue weighted by molar-refractivity contribution is -0.137. The molecule has 0 unspecified atom stereocenters. The summed E-state index contributed by atoms with van der Waals surface area (Å²) in [7, 11) is 0. The number of hydrogen-bond acceptors (Lipinski definition) is 7. The van der Waals surface area contributed by atoms with Crippen LogP contribution in [0.2, 0.25) is 0 Å². The van der Waals surface area contributed by atoms with Crippen LogP contribution in [0.15, 0.2) is 48.5 Å². The van der Waals surface area contributed by atoms with E-state index >= 15 is 0 Å². The topological polar surface area (TPSA) is 172 Å². The van der Waals surface area contributed by atoms with Crippen LogP contribution in [0.3, 0.4) is 0 Å². The fraction of sp³-hybridized carbons (Fsp3) is 0.433. The normalized spacial score (nSPS) is 12.7. The molecular weight excluding hydrogens is 544 g/mol. The fourth-order valence-corrected chi connectivity index (χ4v) is 4.56. The van der Waals surface area contributed by atoms with Gasteiger partial charge in [0.2, 0.25) is 11.8 Å². The van der Waals surface area contributed by atoms with Gasteiger partial charge in [0.15, 0.2) is 0 Å². The third kappa shape index (κ3) is 9.79. The van der Waals surface area contributed by atoms with Gasteiger partial charge in [0, 0.05) is 12.5 Å². The van der Waals surface area contributed by atoms with E-state index in [0.29, 0.717) is 19.4 Å². The van der Waals surface area contributed by atoms with E-state index in [2.05, 4.69) is 21.3 Å². The van der Waals surface area contributed by atoms with Crippen LogP contribution in [0, 0.1) is 0 Å². The molecule has 1 aliphatic carbocycles. The number of nitrogens with one attached hydrogen (secondary N) is 4. The van der Waals surface area contributed by atoms with Gasteiger partial charge in [-0.05, 0) is 62.3 Å². The summed E-state index contributed by atoms with van der Waals surface area (Å²) in [5.74, 6) is -2.70. The first-order valence-electron chi connectivity index (χ1n) is 13.8. The fourth-order valence-electron chi connectivity index (χ4n) is 4.56. The molecule has 0 bridgehead atoms. The quantitative estimate of drug-likeness (QED) is 0.224. The molecule has 0 heterocycles. The smallest absolute Gasteiger partial charge is 0.407 e. The molecule has 226 valence electrons. The molecule has 0 aromatic heterocycles. The highest BCUT2D eigenvalue weighted by atomic mass is 16.6. The molecule has 1 aliphatic rings. The molecule has 2 aromatic rings. The highest BCUT2D eigenvalue weighted by molar-refractivity contribution is 5.90. The highest BCUT2D eigenvalue weighted by Gasteiger charge is 2.30. The molecular formula is C30H38N4O8. The van der Waals surface area contributed by atoms with Crippen molar-refractivity contribution < 1.29 is 38.6 Å². The number of fused-ring (bicyclic) bond motifs is 3. The molecule has 5 N–H and O–H groups in total. The Labute approximate surface area is 244 Å². The van der Waals surface area contributed by atoms with Crippen LogP contribution in [-0.4, -0.2) is 73.0 Å². The van der Waals surface area contributed by atoms with Gasteiger partial charge in [-0.3, -0.25) is 14.4 Å². The van der Waals surface area contributed by atoms with Crippen molar-refractivity contribution in [3.63, 3.8) is 0 Å². The third-order valence-corrected chi connectivity index (χ3v) is 6.40. The maximum absolute atomic E-state index is 12.9. The Morgan fingerprint density at radius 1 is 0.833 bits per heavy atom. The Bertz CT molecular complexity index is 1240. The number of aliphatic carboxylic acids is 1. The van der Waals surface area contributed by atoms with Crippen molar-refractivity contribution in [3.8, 4) is 11.1 Å². The average molecular weight is 583 g/mol. The third-order valence-electron chi connectivity index (χ3n) is 6.40. The number of rotatable bonds is 13. The molecule has 0 spiro atoms. The van der Waals surface area contributed by atoms with Crippen LogP contribution in [0.25, 0.3) is 11.1 Å². The molecule has 1 atom stereocenters. The summed E-state index contributed by atoms with van der Waals surface area (Å²) in [5, 5.41) is 18.5. The molecule has 0 radical (unpaired) electrons. The first-order chi connectivity index (χ1) is 19.9. The van der Waals surface area contributed by atoms with E-state index in [0.717, 1.165) is 22.3 Å². The number of carboxylic acid groups (broad SMARTS) is 1. The van der Waals surface area contributed by atoms with Gasteiger partial charge in [-0.2, -0.15) is 0 Å². The lowest BCUT2D eigenvalue weighted by Crippen LogP contribution is -2.49. The monoisotopic (exact) mass is 582 g/mol. The zero-order valence-corrected chi connectivity index (χ0v) is 24.0. The van der Waals surface area contributed by atoms with Crippen LogP contribution < -0.4 is 21.3 Å². The molecule has 0 fully saturated rings. The van der Waals surface area contributed by atoms with E-state index in [4.69, 9.17) is 14.6 Å². The van der Waals surface area contributed by atoms with Gasteiger partial charge in [0.25, 0.3) is 0 Å². The van der Waals surface area contributed by atoms with Crippen LogP contribution in [-0.2, 0) is 23.9 Å². The van der Waals surface area contributed by atoms with E-state index in [-0.39, 0.29) is 18.9 Å². The minimum absolute atomic E-state index is 0.0611. The van der Waals surface area contributed by atoms with Gasteiger partial charge < -0.3 is 35.8 Å². The second-order valence-electron chi connectivity index (χ2n) is 10.8. The molecule has 0 aliphatic heterocycles. The van der Waals surface area contributed by atoms with Gasteiger partial charge in [0.1, 0.15) is 24.8 Å². The molecule has 0 saturated carbocycles. The summed E-state index contributed by atoms with van der Waals surface area (Å²) in [6.07, 6.45) is -0.208. The number of carbonyl (C=O) groups excluding carboxylic acids is 4. The summed E-state index contributed by atoms with van der Waals surface area (Å²) in [6, 6.07) is 14.8. The second-order valence-corrected chi connectivity index (χ2v) is 10.8. The van der Waals surface area contributed by atoms with Crippen molar-refractivity contribution >= 4 is 30.0 Å². The standard InChI is InChI=1S/C30H38N4O8/c1-30(2,3)42-28(39)31-15-9-8-14-24(27(38)33-16-25(35)32-17-26(36)37)34-29(40)41-18-23-21-12-6-4-10-19(21)20-11-5-7-13-22(20)23/h4-7,10-13,23-24H,8-9,14-18H2,1-3H3,(H,31,39)(H,32,35)(H,33,38)(H,34,40)(H,36,37)/t24-/m0/s1. The number of benzene rings is 2. The summed E-state index contributed by atoms with van der Waals surface area (Å²) in [4.78, 5) is 60.1. The Morgan fingerprint density at radius 2 is 1.45 bits per heavy atom. The average Bonchev–Trinajstić information content (AvgIpc) is 3.25. The molecule has 12 heteroatoms. The zero-order valence-electron chi connectivity index (χ0n) is 24.0. The summed E-state index contributed by atoms with van der Waals surface area (Å²) < 4.78 is 10.8. The van der Waals surface area contributed by atoms with Crippen LogP contribution >= 0.6 is 0 Å². The van der Waals surface area contributed by atoms with Crippen molar-refractivity contribution in [2.24, 2.45) is 0 Å². The van der Waals surface area contributed by atoms with Crippen LogP contribution in [0.4, 0.5) is 9.59 Å². The minimum Gasteiger partial charge on any atom is -0.480 e. The zero-order chi connectivity index (χ0) is 30.7. The second kappa shape index (κ2) is 14.9. The van der Waals surface area contributed by atoms with Crippen molar-refractivity contribution in [3.05, 3.63) is 59.7 Å². The van der Waals surface area contributed by atoms with Gasteiger partial charge in [-0.1, -0.05) is 48.5 Å².